The number of hydrogen-bond donors (Lipinski definition) is 2. The van der Waals surface area contributed by atoms with Crippen LogP contribution in [0.4, 0.5) is 0 Å². The summed E-state index contributed by atoms with van der Waals surface area (Å²) in [6.07, 6.45) is 4.02. The van der Waals surface area contributed by atoms with E-state index in [1.807, 2.05) is 30.8 Å². The summed E-state index contributed by atoms with van der Waals surface area (Å²) in [5, 5.41) is 11.1. The summed E-state index contributed by atoms with van der Waals surface area (Å²) in [4.78, 5) is 4.35. The Morgan fingerprint density at radius 3 is 2.33 bits per heavy atom. The van der Waals surface area contributed by atoms with Crippen molar-refractivity contribution in [2.75, 3.05) is 7.05 Å². The van der Waals surface area contributed by atoms with Gasteiger partial charge in [0.2, 0.25) is 0 Å². The van der Waals surface area contributed by atoms with Gasteiger partial charge in [0, 0.05) is 32.5 Å². The van der Waals surface area contributed by atoms with Crippen LogP contribution in [-0.2, 0) is 31.0 Å². The lowest BCUT2D eigenvalue weighted by Gasteiger charge is -2.15. The number of nitrogens with one attached hydrogen (secondary N) is 2. The van der Waals surface area contributed by atoms with E-state index in [0.29, 0.717) is 19.7 Å². The highest BCUT2D eigenvalue weighted by atomic mass is 16.5. The van der Waals surface area contributed by atoms with Crippen molar-refractivity contribution in [3.8, 4) is 0 Å². The number of nitrogens with zero attached hydrogens (tertiary/aromatic N) is 3. The minimum absolute atomic E-state index is 0.241. The van der Waals surface area contributed by atoms with Gasteiger partial charge >= 0.3 is 0 Å². The van der Waals surface area contributed by atoms with Gasteiger partial charge in [0.25, 0.3) is 0 Å². The Morgan fingerprint density at radius 1 is 0.967 bits per heavy atom. The van der Waals surface area contributed by atoms with Gasteiger partial charge in [-0.1, -0.05) is 48.5 Å². The minimum Gasteiger partial charge on any atom is -0.374 e. The molecule has 30 heavy (non-hydrogen) atoms. The van der Waals surface area contributed by atoms with Gasteiger partial charge in [-0.15, -0.1) is 0 Å². The zero-order valence-corrected chi connectivity index (χ0v) is 18.0. The number of ether oxygens (including phenoxy) is 1. The van der Waals surface area contributed by atoms with Crippen LogP contribution < -0.4 is 10.6 Å². The Morgan fingerprint density at radius 2 is 1.67 bits per heavy atom. The summed E-state index contributed by atoms with van der Waals surface area (Å²) >= 11 is 0. The van der Waals surface area contributed by atoms with Gasteiger partial charge in [0.1, 0.15) is 0 Å². The quantitative estimate of drug-likeness (QED) is 0.421. The molecule has 0 spiro atoms. The first-order chi connectivity index (χ1) is 14.6. The number of benzene rings is 2. The van der Waals surface area contributed by atoms with E-state index in [0.717, 1.165) is 12.5 Å². The largest absolute Gasteiger partial charge is 0.374 e. The van der Waals surface area contributed by atoms with Crippen LogP contribution in [0.5, 0.6) is 0 Å². The molecule has 0 atom stereocenters. The second-order valence-electron chi connectivity index (χ2n) is 7.43. The van der Waals surface area contributed by atoms with E-state index >= 15 is 0 Å². The van der Waals surface area contributed by atoms with Crippen molar-refractivity contribution < 1.29 is 4.74 Å². The topological polar surface area (TPSA) is 63.5 Å². The standard InChI is InChI=1S/C24H31N5O/c1-19(2)30-18-21-11-9-20(10-12-21)15-26-24(25-3)27-16-22-7-4-5-8-23(22)17-29-14-6-13-28-29/h4-14,19H,15-18H2,1-3H3,(H2,25,26,27). The van der Waals surface area contributed by atoms with E-state index in [4.69, 9.17) is 4.74 Å². The van der Waals surface area contributed by atoms with Crippen LogP contribution in [0.15, 0.2) is 72.0 Å². The van der Waals surface area contributed by atoms with E-state index < -0.39 is 0 Å². The average Bonchev–Trinajstić information content (AvgIpc) is 3.27. The van der Waals surface area contributed by atoms with Gasteiger partial charge in [0.05, 0.1) is 19.3 Å². The zero-order valence-electron chi connectivity index (χ0n) is 18.0. The molecule has 0 saturated carbocycles. The SMILES string of the molecule is CN=C(NCc1ccc(COC(C)C)cc1)NCc1ccccc1Cn1cccn1. The number of aliphatic imine (C=N–C) groups is 1. The molecule has 0 saturated heterocycles. The van der Waals surface area contributed by atoms with Gasteiger partial charge < -0.3 is 15.4 Å². The molecule has 0 radical (unpaired) electrons. The third kappa shape index (κ3) is 6.74. The lowest BCUT2D eigenvalue weighted by Crippen LogP contribution is -2.36. The summed E-state index contributed by atoms with van der Waals surface area (Å²) in [6.45, 7) is 6.90. The van der Waals surface area contributed by atoms with Crippen LogP contribution in [0.25, 0.3) is 0 Å². The lowest BCUT2D eigenvalue weighted by molar-refractivity contribution is 0.0657. The van der Waals surface area contributed by atoms with Crippen molar-refractivity contribution in [3.05, 3.63) is 89.2 Å². The molecule has 0 aliphatic carbocycles. The zero-order chi connectivity index (χ0) is 21.2. The van der Waals surface area contributed by atoms with Crippen molar-refractivity contribution >= 4 is 5.96 Å². The summed E-state index contributed by atoms with van der Waals surface area (Å²) in [6, 6.07) is 18.8. The molecule has 2 N–H and O–H groups in total. The third-order valence-electron chi connectivity index (χ3n) is 4.75. The Bertz CT molecular complexity index is 917. The summed E-state index contributed by atoms with van der Waals surface area (Å²) in [7, 11) is 1.79. The smallest absolute Gasteiger partial charge is 0.191 e. The highest BCUT2D eigenvalue weighted by molar-refractivity contribution is 5.79. The van der Waals surface area contributed by atoms with Crippen molar-refractivity contribution in [3.63, 3.8) is 0 Å². The maximum atomic E-state index is 5.65. The van der Waals surface area contributed by atoms with Crippen LogP contribution in [0.3, 0.4) is 0 Å². The maximum Gasteiger partial charge on any atom is 0.191 e. The molecule has 1 aromatic heterocycles. The van der Waals surface area contributed by atoms with E-state index in [2.05, 4.69) is 69.3 Å². The van der Waals surface area contributed by atoms with Crippen LogP contribution in [0.1, 0.15) is 36.1 Å². The molecule has 0 aliphatic rings. The fourth-order valence-corrected chi connectivity index (χ4v) is 3.05. The first kappa shape index (κ1) is 21.6. The number of rotatable bonds is 9. The Kier molecular flexibility index (Phi) is 8.03. The Labute approximate surface area is 179 Å². The summed E-state index contributed by atoms with van der Waals surface area (Å²) in [5.74, 6) is 0.774. The molecule has 1 heterocycles. The molecule has 3 aromatic rings. The second-order valence-corrected chi connectivity index (χ2v) is 7.43. The second kappa shape index (κ2) is 11.2. The van der Waals surface area contributed by atoms with E-state index in [9.17, 15) is 0 Å². The Hall–Kier alpha value is -3.12. The van der Waals surface area contributed by atoms with Gasteiger partial charge in [-0.2, -0.15) is 5.10 Å². The van der Waals surface area contributed by atoms with E-state index in [1.54, 1.807) is 13.2 Å². The first-order valence-corrected chi connectivity index (χ1v) is 10.3. The molecule has 0 fully saturated rings. The predicted molar refractivity (Wildman–Crippen MR) is 121 cm³/mol. The van der Waals surface area contributed by atoms with Crippen LogP contribution in [0.2, 0.25) is 0 Å². The fourth-order valence-electron chi connectivity index (χ4n) is 3.05. The maximum absolute atomic E-state index is 5.65. The van der Waals surface area contributed by atoms with Crippen molar-refractivity contribution in [2.45, 2.75) is 46.2 Å². The summed E-state index contributed by atoms with van der Waals surface area (Å²) in [5.41, 5.74) is 4.85. The normalized spacial score (nSPS) is 11.7. The molecular formula is C24H31N5O. The molecule has 3 rings (SSSR count). The van der Waals surface area contributed by atoms with Gasteiger partial charge in [-0.3, -0.25) is 9.67 Å². The molecular weight excluding hydrogens is 374 g/mol. The first-order valence-electron chi connectivity index (χ1n) is 10.3. The van der Waals surface area contributed by atoms with Crippen molar-refractivity contribution in [2.24, 2.45) is 4.99 Å². The predicted octanol–water partition coefficient (Wildman–Crippen LogP) is 3.72. The highest BCUT2D eigenvalue weighted by Crippen LogP contribution is 2.10. The molecule has 0 bridgehead atoms. The monoisotopic (exact) mass is 405 g/mol. The molecule has 0 aliphatic heterocycles. The van der Waals surface area contributed by atoms with Crippen LogP contribution in [0, 0.1) is 0 Å². The number of hydrogen-bond acceptors (Lipinski definition) is 3. The van der Waals surface area contributed by atoms with Crippen LogP contribution >= 0.6 is 0 Å². The molecule has 0 unspecified atom stereocenters. The van der Waals surface area contributed by atoms with Gasteiger partial charge in [-0.05, 0) is 42.2 Å². The Balaban J connectivity index is 1.51. The molecule has 2 aromatic carbocycles. The van der Waals surface area contributed by atoms with Crippen molar-refractivity contribution in [1.29, 1.82) is 0 Å². The molecule has 158 valence electrons. The van der Waals surface area contributed by atoms with E-state index in [1.165, 1.54) is 22.3 Å². The summed E-state index contributed by atoms with van der Waals surface area (Å²) < 4.78 is 7.58. The minimum atomic E-state index is 0.241. The highest BCUT2D eigenvalue weighted by Gasteiger charge is 2.05. The third-order valence-corrected chi connectivity index (χ3v) is 4.75. The van der Waals surface area contributed by atoms with E-state index in [-0.39, 0.29) is 6.10 Å². The lowest BCUT2D eigenvalue weighted by atomic mass is 10.1. The number of guanidine groups is 1. The van der Waals surface area contributed by atoms with Gasteiger partial charge in [0.15, 0.2) is 5.96 Å². The molecule has 6 nitrogen and oxygen atoms in total. The fraction of sp³-hybridized carbons (Fsp3) is 0.333. The average molecular weight is 406 g/mol. The molecule has 6 heteroatoms. The number of aromatic nitrogens is 2. The molecule has 0 amide bonds. The van der Waals surface area contributed by atoms with Gasteiger partial charge in [-0.25, -0.2) is 0 Å². The van der Waals surface area contributed by atoms with Crippen LogP contribution in [-0.4, -0.2) is 28.9 Å². The van der Waals surface area contributed by atoms with Crippen molar-refractivity contribution in [1.82, 2.24) is 20.4 Å².